The molecular weight excluding hydrogens is 398 g/mol. The lowest BCUT2D eigenvalue weighted by Gasteiger charge is -2.29. The number of piperidine rings is 1. The van der Waals surface area contributed by atoms with E-state index in [4.69, 9.17) is 15.0 Å². The van der Waals surface area contributed by atoms with E-state index in [0.717, 1.165) is 56.1 Å². The van der Waals surface area contributed by atoms with Crippen molar-refractivity contribution in [2.24, 2.45) is 10.9 Å². The lowest BCUT2D eigenvalue weighted by atomic mass is 9.94. The van der Waals surface area contributed by atoms with Crippen LogP contribution in [0.5, 0.6) is 0 Å². The topological polar surface area (TPSA) is 88.4 Å². The highest BCUT2D eigenvalue weighted by molar-refractivity contribution is 7.88. The average Bonchev–Trinajstić information content (AvgIpc) is 3.16. The molecule has 3 heterocycles. The van der Waals surface area contributed by atoms with Crippen LogP contribution in [-0.4, -0.2) is 53.2 Å². The van der Waals surface area contributed by atoms with Crippen molar-refractivity contribution in [2.75, 3.05) is 19.3 Å². The Balaban J connectivity index is 1.48. The van der Waals surface area contributed by atoms with Gasteiger partial charge in [-0.25, -0.2) is 27.7 Å². The van der Waals surface area contributed by atoms with Crippen molar-refractivity contribution in [3.8, 4) is 0 Å². The zero-order chi connectivity index (χ0) is 21.1. The number of nitrogens with zero attached hydrogens (tertiary/aromatic N) is 5. The Morgan fingerprint density at radius 3 is 2.53 bits per heavy atom. The number of hydrogen-bond acceptors (Lipinski definition) is 6. The summed E-state index contributed by atoms with van der Waals surface area (Å²) >= 11 is 0. The van der Waals surface area contributed by atoms with Crippen molar-refractivity contribution >= 4 is 16.2 Å². The number of rotatable bonds is 7. The van der Waals surface area contributed by atoms with E-state index in [2.05, 4.69) is 30.1 Å². The first-order valence-corrected chi connectivity index (χ1v) is 12.5. The normalized spacial score (nSPS) is 17.4. The maximum atomic E-state index is 11.7. The van der Waals surface area contributed by atoms with Crippen molar-refractivity contribution in [1.29, 1.82) is 0 Å². The van der Waals surface area contributed by atoms with Gasteiger partial charge in [0, 0.05) is 38.6 Å². The molecule has 1 saturated heterocycles. The molecule has 4 rings (SSSR count). The van der Waals surface area contributed by atoms with Crippen molar-refractivity contribution in [3.05, 3.63) is 52.4 Å². The summed E-state index contributed by atoms with van der Waals surface area (Å²) in [6, 6.07) is 6.44. The molecular formula is C22H29N5O2S. The number of hydrogen-bond donors (Lipinski definition) is 0. The van der Waals surface area contributed by atoms with Gasteiger partial charge in [0.25, 0.3) is 0 Å². The van der Waals surface area contributed by atoms with Gasteiger partial charge in [0.15, 0.2) is 0 Å². The molecule has 2 aliphatic heterocycles. The Labute approximate surface area is 178 Å². The van der Waals surface area contributed by atoms with E-state index in [0.29, 0.717) is 25.4 Å². The Bertz CT molecular complexity index is 1040. The summed E-state index contributed by atoms with van der Waals surface area (Å²) in [6.45, 7) is 4.05. The van der Waals surface area contributed by atoms with Crippen LogP contribution in [0, 0.1) is 5.92 Å². The van der Waals surface area contributed by atoms with Gasteiger partial charge in [-0.1, -0.05) is 25.1 Å². The van der Waals surface area contributed by atoms with Crippen LogP contribution in [0.15, 0.2) is 23.2 Å². The molecule has 0 atom stereocenters. The third-order valence-corrected chi connectivity index (χ3v) is 7.13. The first-order chi connectivity index (χ1) is 14.4. The molecule has 0 N–H and O–H groups in total. The smallest absolute Gasteiger partial charge is 0.211 e. The first kappa shape index (κ1) is 21.1. The predicted molar refractivity (Wildman–Crippen MR) is 117 cm³/mol. The summed E-state index contributed by atoms with van der Waals surface area (Å²) in [5, 5.41) is 0. The summed E-state index contributed by atoms with van der Waals surface area (Å²) in [4.78, 5) is 18.5. The number of aromatic nitrogens is 3. The summed E-state index contributed by atoms with van der Waals surface area (Å²) in [6.07, 6.45) is 8.21. The highest BCUT2D eigenvalue weighted by Crippen LogP contribution is 2.23. The summed E-state index contributed by atoms with van der Waals surface area (Å²) in [7, 11) is -3.10. The number of aliphatic imine (C=N–C) groups is 1. The first-order valence-electron chi connectivity index (χ1n) is 10.7. The average molecular weight is 428 g/mol. The van der Waals surface area contributed by atoms with E-state index in [1.54, 1.807) is 4.31 Å². The lowest BCUT2D eigenvalue weighted by Crippen LogP contribution is -2.38. The third-order valence-electron chi connectivity index (χ3n) is 5.82. The van der Waals surface area contributed by atoms with E-state index >= 15 is 0 Å². The molecule has 0 unspecified atom stereocenters. The van der Waals surface area contributed by atoms with Gasteiger partial charge >= 0.3 is 0 Å². The fourth-order valence-corrected chi connectivity index (χ4v) is 5.06. The number of sulfonamides is 1. The van der Waals surface area contributed by atoms with Gasteiger partial charge in [-0.3, -0.25) is 4.99 Å². The van der Waals surface area contributed by atoms with E-state index in [1.807, 2.05) is 6.21 Å². The SMILES string of the molecule is CCCc1nc(Cc2ccc3c(c2)CN=C3)nc(CC2CCN(S(C)(=O)=O)CC2)n1. The second kappa shape index (κ2) is 8.89. The molecule has 0 bridgehead atoms. The Morgan fingerprint density at radius 2 is 1.80 bits per heavy atom. The van der Waals surface area contributed by atoms with Crippen LogP contribution in [0.25, 0.3) is 0 Å². The van der Waals surface area contributed by atoms with Crippen LogP contribution in [0.4, 0.5) is 0 Å². The molecule has 7 nitrogen and oxygen atoms in total. The molecule has 1 aromatic heterocycles. The van der Waals surface area contributed by atoms with E-state index in [9.17, 15) is 8.42 Å². The molecule has 2 aromatic rings. The summed E-state index contributed by atoms with van der Waals surface area (Å²) in [5.74, 6) is 2.92. The lowest BCUT2D eigenvalue weighted by molar-refractivity contribution is 0.271. The predicted octanol–water partition coefficient (Wildman–Crippen LogP) is 2.56. The van der Waals surface area contributed by atoms with Crippen molar-refractivity contribution < 1.29 is 8.42 Å². The quantitative estimate of drug-likeness (QED) is 0.678. The van der Waals surface area contributed by atoms with Gasteiger partial charge in [0.2, 0.25) is 10.0 Å². The van der Waals surface area contributed by atoms with E-state index in [1.165, 1.54) is 22.9 Å². The fourth-order valence-electron chi connectivity index (χ4n) is 4.19. The molecule has 0 radical (unpaired) electrons. The minimum atomic E-state index is -3.10. The molecule has 0 aliphatic carbocycles. The van der Waals surface area contributed by atoms with Crippen LogP contribution in [-0.2, 0) is 35.8 Å². The second-order valence-corrected chi connectivity index (χ2v) is 10.3. The number of fused-ring (bicyclic) bond motifs is 1. The zero-order valence-corrected chi connectivity index (χ0v) is 18.5. The fraction of sp³-hybridized carbons (Fsp3) is 0.545. The van der Waals surface area contributed by atoms with Crippen molar-refractivity contribution in [2.45, 2.75) is 52.0 Å². The largest absolute Gasteiger partial charge is 0.288 e. The minimum Gasteiger partial charge on any atom is -0.288 e. The number of benzene rings is 1. The van der Waals surface area contributed by atoms with Gasteiger partial charge in [-0.05, 0) is 41.9 Å². The molecule has 1 fully saturated rings. The maximum Gasteiger partial charge on any atom is 0.211 e. The molecule has 8 heteroatoms. The second-order valence-electron chi connectivity index (χ2n) is 8.32. The number of aryl methyl sites for hydroxylation is 1. The third kappa shape index (κ3) is 5.10. The van der Waals surface area contributed by atoms with E-state index in [-0.39, 0.29) is 0 Å². The van der Waals surface area contributed by atoms with Crippen LogP contribution >= 0.6 is 0 Å². The monoisotopic (exact) mass is 427 g/mol. The van der Waals surface area contributed by atoms with Gasteiger partial charge < -0.3 is 0 Å². The molecule has 160 valence electrons. The van der Waals surface area contributed by atoms with Crippen LogP contribution < -0.4 is 0 Å². The van der Waals surface area contributed by atoms with E-state index < -0.39 is 10.0 Å². The summed E-state index contributed by atoms with van der Waals surface area (Å²) in [5.41, 5.74) is 3.65. The minimum absolute atomic E-state index is 0.407. The molecule has 30 heavy (non-hydrogen) atoms. The van der Waals surface area contributed by atoms with Crippen LogP contribution in [0.1, 0.15) is 60.3 Å². The van der Waals surface area contributed by atoms with Gasteiger partial charge in [0.05, 0.1) is 12.8 Å². The van der Waals surface area contributed by atoms with Crippen molar-refractivity contribution in [1.82, 2.24) is 19.3 Å². The Morgan fingerprint density at radius 1 is 1.07 bits per heavy atom. The molecule has 0 saturated carbocycles. The summed E-state index contributed by atoms with van der Waals surface area (Å²) < 4.78 is 25.1. The highest BCUT2D eigenvalue weighted by Gasteiger charge is 2.25. The van der Waals surface area contributed by atoms with Gasteiger partial charge in [-0.2, -0.15) is 0 Å². The molecule has 1 aromatic carbocycles. The van der Waals surface area contributed by atoms with Gasteiger partial charge in [0.1, 0.15) is 17.5 Å². The Hall–Kier alpha value is -2.19. The zero-order valence-electron chi connectivity index (χ0n) is 17.7. The maximum absolute atomic E-state index is 11.7. The molecule has 0 spiro atoms. The van der Waals surface area contributed by atoms with Crippen LogP contribution in [0.2, 0.25) is 0 Å². The van der Waals surface area contributed by atoms with Crippen LogP contribution in [0.3, 0.4) is 0 Å². The molecule has 0 amide bonds. The highest BCUT2D eigenvalue weighted by atomic mass is 32.2. The standard InChI is InChI=1S/C22H29N5O2S/c1-3-4-20-24-21(12-16-7-9-27(10-8-16)30(2,28)29)26-22(25-20)13-17-5-6-18-14-23-15-19(18)11-17/h5-6,11,14,16H,3-4,7-10,12-13,15H2,1-2H3. The van der Waals surface area contributed by atoms with Crippen molar-refractivity contribution in [3.63, 3.8) is 0 Å². The Kier molecular flexibility index (Phi) is 6.24. The van der Waals surface area contributed by atoms with Gasteiger partial charge in [-0.15, -0.1) is 0 Å². The molecule has 2 aliphatic rings.